The second-order valence-electron chi connectivity index (χ2n) is 6.07. The normalized spacial score (nSPS) is 29.9. The number of piperidine rings is 1. The van der Waals surface area contributed by atoms with E-state index in [1.807, 2.05) is 0 Å². The largest absolute Gasteiger partial charge is 0.347 e. The van der Waals surface area contributed by atoms with Gasteiger partial charge in [0.05, 0.1) is 19.3 Å². The van der Waals surface area contributed by atoms with Gasteiger partial charge in [0.1, 0.15) is 0 Å². The quantitative estimate of drug-likeness (QED) is 0.767. The summed E-state index contributed by atoms with van der Waals surface area (Å²) in [5.41, 5.74) is 0.302. The van der Waals surface area contributed by atoms with Crippen LogP contribution in [0, 0.1) is 16.7 Å². The number of rotatable bonds is 3. The lowest BCUT2D eigenvalue weighted by Crippen LogP contribution is -2.50. The average Bonchev–Trinajstić information content (AvgIpc) is 2.78. The number of likely N-dealkylation sites (tertiary alicyclic amines) is 1. The maximum atomic E-state index is 8.96. The van der Waals surface area contributed by atoms with E-state index in [0.29, 0.717) is 5.41 Å². The van der Waals surface area contributed by atoms with E-state index in [-0.39, 0.29) is 5.79 Å². The van der Waals surface area contributed by atoms with E-state index in [4.69, 9.17) is 14.7 Å². The zero-order valence-corrected chi connectivity index (χ0v) is 11.0. The van der Waals surface area contributed by atoms with Crippen LogP contribution in [0.25, 0.3) is 0 Å². The lowest BCUT2D eigenvalue weighted by atomic mass is 9.66. The standard InChI is InChI=1S/C14H22N2O2/c15-7-4-13(2-1-3-13)12-16-8-5-14(6-9-16)17-10-11-18-14/h1-6,8-12H2. The van der Waals surface area contributed by atoms with Crippen molar-refractivity contribution in [1.82, 2.24) is 4.90 Å². The maximum Gasteiger partial charge on any atom is 0.170 e. The minimum Gasteiger partial charge on any atom is -0.347 e. The Balaban J connectivity index is 1.52. The molecule has 100 valence electrons. The summed E-state index contributed by atoms with van der Waals surface area (Å²) in [6.45, 7) is 4.69. The Bertz CT molecular complexity index is 330. The zero-order chi connectivity index (χ0) is 12.5. The van der Waals surface area contributed by atoms with Crippen LogP contribution < -0.4 is 0 Å². The summed E-state index contributed by atoms with van der Waals surface area (Å²) < 4.78 is 11.5. The molecule has 3 fully saturated rings. The first kappa shape index (κ1) is 12.4. The Hall–Kier alpha value is -0.630. The van der Waals surface area contributed by atoms with Crippen LogP contribution in [0.2, 0.25) is 0 Å². The molecule has 0 bridgehead atoms. The number of nitriles is 1. The van der Waals surface area contributed by atoms with Crippen LogP contribution in [0.4, 0.5) is 0 Å². The average molecular weight is 250 g/mol. The minimum absolute atomic E-state index is 0.265. The second-order valence-corrected chi connectivity index (χ2v) is 6.07. The van der Waals surface area contributed by atoms with E-state index in [0.717, 1.165) is 52.1 Å². The van der Waals surface area contributed by atoms with Crippen molar-refractivity contribution in [3.05, 3.63) is 0 Å². The summed E-state index contributed by atoms with van der Waals surface area (Å²) in [6.07, 6.45) is 6.45. The summed E-state index contributed by atoms with van der Waals surface area (Å²) in [7, 11) is 0. The van der Waals surface area contributed by atoms with Crippen LogP contribution >= 0.6 is 0 Å². The Kier molecular flexibility index (Phi) is 3.31. The highest BCUT2D eigenvalue weighted by molar-refractivity contribution is 4.97. The third-order valence-electron chi connectivity index (χ3n) is 4.86. The van der Waals surface area contributed by atoms with E-state index >= 15 is 0 Å². The van der Waals surface area contributed by atoms with Gasteiger partial charge in [0.25, 0.3) is 0 Å². The smallest absolute Gasteiger partial charge is 0.170 e. The van der Waals surface area contributed by atoms with Crippen molar-refractivity contribution >= 4 is 0 Å². The molecule has 0 amide bonds. The first-order valence-electron chi connectivity index (χ1n) is 7.13. The van der Waals surface area contributed by atoms with E-state index < -0.39 is 0 Å². The Morgan fingerprint density at radius 2 is 1.72 bits per heavy atom. The van der Waals surface area contributed by atoms with E-state index in [1.54, 1.807) is 0 Å². The molecule has 3 rings (SSSR count). The van der Waals surface area contributed by atoms with Gasteiger partial charge in [-0.25, -0.2) is 0 Å². The molecule has 0 aromatic heterocycles. The van der Waals surface area contributed by atoms with Crippen molar-refractivity contribution in [2.45, 2.75) is 44.3 Å². The molecule has 2 aliphatic heterocycles. The summed E-state index contributed by atoms with van der Waals surface area (Å²) >= 11 is 0. The highest BCUT2D eigenvalue weighted by atomic mass is 16.7. The maximum absolute atomic E-state index is 8.96. The fourth-order valence-electron chi connectivity index (χ4n) is 3.55. The molecular formula is C14H22N2O2. The number of hydrogen-bond acceptors (Lipinski definition) is 4. The molecule has 1 spiro atoms. The predicted octanol–water partition coefficient (Wildman–Crippen LogP) is 1.91. The molecule has 0 aromatic carbocycles. The van der Waals surface area contributed by atoms with Gasteiger partial charge in [-0.05, 0) is 18.3 Å². The first-order valence-corrected chi connectivity index (χ1v) is 7.13. The number of ether oxygens (including phenoxy) is 2. The lowest BCUT2D eigenvalue weighted by molar-refractivity contribution is -0.187. The third-order valence-corrected chi connectivity index (χ3v) is 4.86. The summed E-state index contributed by atoms with van der Waals surface area (Å²) in [5.74, 6) is -0.265. The van der Waals surface area contributed by atoms with Gasteiger partial charge >= 0.3 is 0 Å². The highest BCUT2D eigenvalue weighted by Crippen LogP contribution is 2.45. The first-order chi connectivity index (χ1) is 8.76. The molecule has 18 heavy (non-hydrogen) atoms. The molecule has 2 heterocycles. The van der Waals surface area contributed by atoms with E-state index in [9.17, 15) is 0 Å². The van der Waals surface area contributed by atoms with Crippen molar-refractivity contribution < 1.29 is 9.47 Å². The zero-order valence-electron chi connectivity index (χ0n) is 11.0. The van der Waals surface area contributed by atoms with Gasteiger partial charge in [-0.15, -0.1) is 0 Å². The molecule has 1 aliphatic carbocycles. The predicted molar refractivity (Wildman–Crippen MR) is 66.8 cm³/mol. The molecule has 1 saturated carbocycles. The molecule has 4 heteroatoms. The van der Waals surface area contributed by atoms with Crippen LogP contribution in [0.1, 0.15) is 38.5 Å². The van der Waals surface area contributed by atoms with Crippen LogP contribution in [0.3, 0.4) is 0 Å². The van der Waals surface area contributed by atoms with Gasteiger partial charge in [-0.1, -0.05) is 6.42 Å². The van der Waals surface area contributed by atoms with Crippen LogP contribution in [0.5, 0.6) is 0 Å². The Morgan fingerprint density at radius 1 is 1.06 bits per heavy atom. The summed E-state index contributed by atoms with van der Waals surface area (Å²) in [6, 6.07) is 2.37. The van der Waals surface area contributed by atoms with Gasteiger partial charge < -0.3 is 14.4 Å². The highest BCUT2D eigenvalue weighted by Gasteiger charge is 2.43. The fraction of sp³-hybridized carbons (Fsp3) is 0.929. The van der Waals surface area contributed by atoms with Crippen molar-refractivity contribution in [3.63, 3.8) is 0 Å². The van der Waals surface area contributed by atoms with Crippen molar-refractivity contribution in [2.24, 2.45) is 5.41 Å². The van der Waals surface area contributed by atoms with Gasteiger partial charge in [-0.2, -0.15) is 5.26 Å². The topological polar surface area (TPSA) is 45.5 Å². The van der Waals surface area contributed by atoms with E-state index in [1.165, 1.54) is 19.3 Å². The summed E-state index contributed by atoms with van der Waals surface area (Å²) in [4.78, 5) is 2.51. The van der Waals surface area contributed by atoms with Crippen molar-refractivity contribution in [2.75, 3.05) is 32.8 Å². The molecule has 0 unspecified atom stereocenters. The SMILES string of the molecule is N#CCC1(CN2CCC3(CC2)OCCO3)CCC1. The number of nitrogens with zero attached hydrogens (tertiary/aromatic N) is 2. The van der Waals surface area contributed by atoms with Crippen molar-refractivity contribution in [3.8, 4) is 6.07 Å². The van der Waals surface area contributed by atoms with Crippen LogP contribution in [-0.2, 0) is 9.47 Å². The molecule has 0 aromatic rings. The number of hydrogen-bond donors (Lipinski definition) is 0. The Morgan fingerprint density at radius 3 is 2.22 bits per heavy atom. The molecular weight excluding hydrogens is 228 g/mol. The molecule has 2 saturated heterocycles. The van der Waals surface area contributed by atoms with Crippen LogP contribution in [0.15, 0.2) is 0 Å². The molecule has 3 aliphatic rings. The fourth-order valence-corrected chi connectivity index (χ4v) is 3.55. The molecule has 0 atom stereocenters. The van der Waals surface area contributed by atoms with Gasteiger partial charge in [0, 0.05) is 38.9 Å². The molecule has 0 radical (unpaired) electrons. The minimum atomic E-state index is -0.265. The van der Waals surface area contributed by atoms with Gasteiger partial charge in [0.2, 0.25) is 0 Å². The second kappa shape index (κ2) is 4.80. The van der Waals surface area contributed by atoms with Crippen LogP contribution in [-0.4, -0.2) is 43.5 Å². The molecule has 0 N–H and O–H groups in total. The monoisotopic (exact) mass is 250 g/mol. The van der Waals surface area contributed by atoms with Gasteiger partial charge in [-0.3, -0.25) is 0 Å². The van der Waals surface area contributed by atoms with Gasteiger partial charge in [0.15, 0.2) is 5.79 Å². The Labute approximate surface area is 109 Å². The summed E-state index contributed by atoms with van der Waals surface area (Å²) in [5, 5.41) is 8.96. The van der Waals surface area contributed by atoms with Crippen molar-refractivity contribution in [1.29, 1.82) is 5.26 Å². The lowest BCUT2D eigenvalue weighted by Gasteiger charge is -2.46. The third kappa shape index (κ3) is 2.27. The molecule has 4 nitrogen and oxygen atoms in total. The van der Waals surface area contributed by atoms with E-state index in [2.05, 4.69) is 11.0 Å².